The van der Waals surface area contributed by atoms with Gasteiger partial charge in [0.2, 0.25) is 5.91 Å². The Balaban J connectivity index is 1.80. The van der Waals surface area contributed by atoms with Gasteiger partial charge in [-0.3, -0.25) is 14.2 Å². The minimum atomic E-state index is -0.562. The number of nitrogens with one attached hydrogen (secondary N) is 1. The molecule has 0 unspecified atom stereocenters. The number of carbonyl (C=O) groups is 1. The summed E-state index contributed by atoms with van der Waals surface area (Å²) in [5.74, 6) is -0.392. The molecule has 146 valence electrons. The minimum absolute atomic E-state index is 0.231. The summed E-state index contributed by atoms with van der Waals surface area (Å²) in [6.07, 6.45) is 0. The molecule has 0 aliphatic carbocycles. The molecule has 0 fully saturated rings. The van der Waals surface area contributed by atoms with Gasteiger partial charge in [0.1, 0.15) is 11.2 Å². The summed E-state index contributed by atoms with van der Waals surface area (Å²) in [7, 11) is 0. The van der Waals surface area contributed by atoms with Gasteiger partial charge >= 0.3 is 5.69 Å². The zero-order valence-corrected chi connectivity index (χ0v) is 17.0. The van der Waals surface area contributed by atoms with Crippen molar-refractivity contribution in [1.82, 2.24) is 9.13 Å². The third-order valence-electron chi connectivity index (χ3n) is 4.42. The van der Waals surface area contributed by atoms with Gasteiger partial charge in [0, 0.05) is 10.7 Å². The van der Waals surface area contributed by atoms with E-state index in [1.54, 1.807) is 53.9 Å². The van der Waals surface area contributed by atoms with E-state index in [1.807, 2.05) is 13.0 Å². The summed E-state index contributed by atoms with van der Waals surface area (Å²) in [5.41, 5.74) is 1.41. The largest absolute Gasteiger partial charge is 0.336 e. The van der Waals surface area contributed by atoms with Crippen LogP contribution in [0.25, 0.3) is 15.9 Å². The van der Waals surface area contributed by atoms with Crippen LogP contribution in [0, 0.1) is 6.92 Å². The second-order valence-electron chi connectivity index (χ2n) is 6.54. The fourth-order valence-corrected chi connectivity index (χ4v) is 4.16. The number of carbonyl (C=O) groups excluding carboxylic acids is 1. The number of thiophene rings is 1. The quantitative estimate of drug-likeness (QED) is 0.540. The number of fused-ring (bicyclic) bond motifs is 1. The summed E-state index contributed by atoms with van der Waals surface area (Å²) in [6.45, 7) is 1.65. The first-order valence-electron chi connectivity index (χ1n) is 8.79. The molecule has 2 aromatic carbocycles. The molecule has 1 amide bonds. The van der Waals surface area contributed by atoms with Gasteiger partial charge in [0.05, 0.1) is 11.2 Å². The lowest BCUT2D eigenvalue weighted by Gasteiger charge is -2.13. The Morgan fingerprint density at radius 2 is 1.90 bits per heavy atom. The smallest absolute Gasteiger partial charge is 0.324 e. The summed E-state index contributed by atoms with van der Waals surface area (Å²) in [4.78, 5) is 38.7. The van der Waals surface area contributed by atoms with E-state index in [4.69, 9.17) is 11.6 Å². The highest BCUT2D eigenvalue weighted by molar-refractivity contribution is 7.17. The second-order valence-corrected chi connectivity index (χ2v) is 7.89. The Bertz CT molecular complexity index is 1350. The Hall–Kier alpha value is -3.16. The zero-order chi connectivity index (χ0) is 20.5. The predicted octanol–water partition coefficient (Wildman–Crippen LogP) is 3.81. The number of benzene rings is 2. The summed E-state index contributed by atoms with van der Waals surface area (Å²) in [6, 6.07) is 15.6. The van der Waals surface area contributed by atoms with Crippen molar-refractivity contribution in [3.63, 3.8) is 0 Å². The van der Waals surface area contributed by atoms with Crippen LogP contribution in [0.4, 0.5) is 5.69 Å². The van der Waals surface area contributed by atoms with Gasteiger partial charge in [0.15, 0.2) is 0 Å². The van der Waals surface area contributed by atoms with Crippen molar-refractivity contribution in [1.29, 1.82) is 0 Å². The molecule has 8 heteroatoms. The molecule has 4 rings (SSSR count). The first-order valence-corrected chi connectivity index (χ1v) is 10.1. The highest BCUT2D eigenvalue weighted by Crippen LogP contribution is 2.18. The Morgan fingerprint density at radius 3 is 2.66 bits per heavy atom. The third kappa shape index (κ3) is 3.74. The van der Waals surface area contributed by atoms with Crippen molar-refractivity contribution in [2.24, 2.45) is 0 Å². The number of amides is 1. The molecule has 4 aromatic rings. The van der Waals surface area contributed by atoms with E-state index in [1.165, 1.54) is 15.9 Å². The normalized spacial score (nSPS) is 11.0. The van der Waals surface area contributed by atoms with Crippen molar-refractivity contribution in [2.45, 2.75) is 13.5 Å². The molecule has 2 heterocycles. The molecule has 0 aliphatic heterocycles. The number of anilines is 1. The molecule has 29 heavy (non-hydrogen) atoms. The molecule has 0 saturated carbocycles. The monoisotopic (exact) mass is 425 g/mol. The topological polar surface area (TPSA) is 73.1 Å². The lowest BCUT2D eigenvalue weighted by molar-refractivity contribution is -0.116. The van der Waals surface area contributed by atoms with Crippen molar-refractivity contribution >= 4 is 44.7 Å². The van der Waals surface area contributed by atoms with Gasteiger partial charge < -0.3 is 5.32 Å². The van der Waals surface area contributed by atoms with Crippen LogP contribution in [0.3, 0.4) is 0 Å². The van der Waals surface area contributed by atoms with Crippen molar-refractivity contribution in [3.8, 4) is 5.69 Å². The van der Waals surface area contributed by atoms with Crippen LogP contribution in [0.1, 0.15) is 5.56 Å². The van der Waals surface area contributed by atoms with Crippen LogP contribution in [-0.2, 0) is 11.3 Å². The van der Waals surface area contributed by atoms with E-state index in [-0.39, 0.29) is 6.54 Å². The fraction of sp³-hybridized carbons (Fsp3) is 0.0952. The Labute approximate surface area is 174 Å². The molecule has 0 atom stereocenters. The first kappa shape index (κ1) is 19.2. The molecule has 1 N–H and O–H groups in total. The number of hydrogen-bond donors (Lipinski definition) is 1. The molecule has 0 spiro atoms. The zero-order valence-electron chi connectivity index (χ0n) is 15.4. The maximum absolute atomic E-state index is 13.2. The van der Waals surface area contributed by atoms with E-state index in [9.17, 15) is 14.4 Å². The highest BCUT2D eigenvalue weighted by Gasteiger charge is 2.17. The first-order chi connectivity index (χ1) is 13.9. The summed E-state index contributed by atoms with van der Waals surface area (Å²) in [5, 5.41) is 4.96. The van der Waals surface area contributed by atoms with Crippen molar-refractivity contribution in [2.75, 3.05) is 5.32 Å². The number of halogens is 1. The van der Waals surface area contributed by atoms with Gasteiger partial charge in [-0.1, -0.05) is 29.8 Å². The maximum atomic E-state index is 13.2. The molecular weight excluding hydrogens is 410 g/mol. The van der Waals surface area contributed by atoms with Crippen LogP contribution in [0.5, 0.6) is 0 Å². The van der Waals surface area contributed by atoms with E-state index in [0.717, 1.165) is 10.1 Å². The Morgan fingerprint density at radius 1 is 1.10 bits per heavy atom. The standard InChI is InChI=1S/C21H16ClN3O3S/c1-13-4-2-7-16(10-13)25-20(27)19-17(8-9-29-19)24(21(25)28)12-18(26)23-15-6-3-5-14(22)11-15/h2-11H,12H2,1H3,(H,23,26). The van der Waals surface area contributed by atoms with E-state index >= 15 is 0 Å². The maximum Gasteiger partial charge on any atom is 0.336 e. The van der Waals surface area contributed by atoms with Gasteiger partial charge in [-0.15, -0.1) is 11.3 Å². The van der Waals surface area contributed by atoms with Gasteiger partial charge in [-0.2, -0.15) is 0 Å². The SMILES string of the molecule is Cc1cccc(-n2c(=O)c3sccc3n(CC(=O)Nc3cccc(Cl)c3)c2=O)c1. The van der Waals surface area contributed by atoms with Crippen molar-refractivity contribution in [3.05, 3.63) is 91.4 Å². The highest BCUT2D eigenvalue weighted by atomic mass is 35.5. The number of aryl methyl sites for hydroxylation is 1. The number of rotatable bonds is 4. The lowest BCUT2D eigenvalue weighted by Crippen LogP contribution is -2.40. The van der Waals surface area contributed by atoms with Crippen LogP contribution in [0.15, 0.2) is 69.6 Å². The van der Waals surface area contributed by atoms with Crippen LogP contribution >= 0.6 is 22.9 Å². The summed E-state index contributed by atoms with van der Waals surface area (Å²) < 4.78 is 2.84. The molecule has 0 radical (unpaired) electrons. The van der Waals surface area contributed by atoms with Crippen LogP contribution in [-0.4, -0.2) is 15.0 Å². The third-order valence-corrected chi connectivity index (χ3v) is 5.55. The summed E-state index contributed by atoms with van der Waals surface area (Å²) >= 11 is 7.19. The second kappa shape index (κ2) is 7.69. The molecule has 6 nitrogen and oxygen atoms in total. The van der Waals surface area contributed by atoms with Gasteiger partial charge in [0.25, 0.3) is 5.56 Å². The van der Waals surface area contributed by atoms with Gasteiger partial charge in [-0.05, 0) is 54.3 Å². The number of hydrogen-bond acceptors (Lipinski definition) is 4. The average molecular weight is 426 g/mol. The number of aromatic nitrogens is 2. The molecule has 0 saturated heterocycles. The van der Waals surface area contributed by atoms with E-state index in [2.05, 4.69) is 5.32 Å². The molecule has 0 aliphatic rings. The lowest BCUT2D eigenvalue weighted by atomic mass is 10.2. The van der Waals surface area contributed by atoms with Crippen LogP contribution < -0.4 is 16.6 Å². The Kier molecular flexibility index (Phi) is 5.08. The molecule has 0 bridgehead atoms. The molecular formula is C21H16ClN3O3S. The number of nitrogens with zero attached hydrogens (tertiary/aromatic N) is 2. The fourth-order valence-electron chi connectivity index (χ4n) is 3.15. The molecule has 2 aromatic heterocycles. The average Bonchev–Trinajstić information content (AvgIpc) is 3.15. The minimum Gasteiger partial charge on any atom is -0.324 e. The van der Waals surface area contributed by atoms with Crippen LogP contribution in [0.2, 0.25) is 5.02 Å². The predicted molar refractivity (Wildman–Crippen MR) is 117 cm³/mol. The van der Waals surface area contributed by atoms with Gasteiger partial charge in [-0.25, -0.2) is 9.36 Å². The van der Waals surface area contributed by atoms with E-state index < -0.39 is 17.2 Å². The van der Waals surface area contributed by atoms with Crippen molar-refractivity contribution < 1.29 is 4.79 Å². The van der Waals surface area contributed by atoms with E-state index in [0.29, 0.717) is 26.6 Å².